The van der Waals surface area contributed by atoms with Crippen molar-refractivity contribution in [3.8, 4) is 0 Å². The number of hydrogen-bond acceptors (Lipinski definition) is 5. The third-order valence-electron chi connectivity index (χ3n) is 12.1. The molecule has 0 aliphatic carbocycles. The maximum Gasteiger partial charge on any atom is 0.249 e. The summed E-state index contributed by atoms with van der Waals surface area (Å²) in [5.74, 6) is -0.596. The maximum atomic E-state index is 12.6. The van der Waals surface area contributed by atoms with Gasteiger partial charge in [0.15, 0.2) is 0 Å². The second-order valence-electron chi connectivity index (χ2n) is 17.8. The molecule has 0 bridgehead atoms. The van der Waals surface area contributed by atoms with Gasteiger partial charge in [0.05, 0.1) is 18.8 Å². The van der Waals surface area contributed by atoms with Gasteiger partial charge in [0.1, 0.15) is 12.2 Å². The van der Waals surface area contributed by atoms with Crippen LogP contribution in [0.1, 0.15) is 264 Å². The molecule has 0 fully saturated rings. The van der Waals surface area contributed by atoms with Crippen LogP contribution >= 0.6 is 0 Å². The van der Waals surface area contributed by atoms with Crippen molar-refractivity contribution in [1.29, 1.82) is 0 Å². The topological polar surface area (TPSA) is 110 Å². The number of nitrogens with one attached hydrogen (secondary N) is 1. The Kier molecular flexibility index (Phi) is 46.4. The fraction of sp³-hybridized carbons (Fsp3) is 0.868. The van der Waals surface area contributed by atoms with E-state index in [4.69, 9.17) is 0 Å². The van der Waals surface area contributed by atoms with Crippen molar-refractivity contribution < 1.29 is 25.2 Å². The van der Waals surface area contributed by atoms with Crippen LogP contribution < -0.4 is 5.32 Å². The molecule has 0 spiro atoms. The van der Waals surface area contributed by atoms with E-state index in [9.17, 15) is 25.2 Å². The Morgan fingerprint density at radius 2 is 0.712 bits per heavy atom. The maximum absolute atomic E-state index is 12.6. The summed E-state index contributed by atoms with van der Waals surface area (Å²) in [6, 6.07) is -1.01. The molecular weight excluding hydrogens is 731 g/mol. The number of amides is 1. The molecule has 0 saturated carbocycles. The molecule has 4 unspecified atom stereocenters. The number of aliphatic hydroxyl groups excluding tert-OH is 4. The Hall–Kier alpha value is -1.47. The van der Waals surface area contributed by atoms with E-state index in [0.29, 0.717) is 19.3 Å². The number of hydrogen-bond donors (Lipinski definition) is 5. The van der Waals surface area contributed by atoms with Gasteiger partial charge in [-0.1, -0.05) is 237 Å². The molecule has 59 heavy (non-hydrogen) atoms. The van der Waals surface area contributed by atoms with Gasteiger partial charge >= 0.3 is 0 Å². The first kappa shape index (κ1) is 57.5. The fourth-order valence-corrected chi connectivity index (χ4v) is 7.97. The summed E-state index contributed by atoms with van der Waals surface area (Å²) < 4.78 is 0. The van der Waals surface area contributed by atoms with Gasteiger partial charge in [-0.25, -0.2) is 0 Å². The molecule has 348 valence electrons. The van der Waals surface area contributed by atoms with Crippen LogP contribution in [0.5, 0.6) is 0 Å². The lowest BCUT2D eigenvalue weighted by molar-refractivity contribution is -0.132. The molecule has 0 saturated heterocycles. The van der Waals surface area contributed by atoms with Gasteiger partial charge in [0.2, 0.25) is 5.91 Å². The summed E-state index contributed by atoms with van der Waals surface area (Å²) in [4.78, 5) is 12.6. The number of allylic oxidation sites excluding steroid dienone is 6. The quantitative estimate of drug-likeness (QED) is 0.0310. The van der Waals surface area contributed by atoms with Gasteiger partial charge in [0, 0.05) is 0 Å². The highest BCUT2D eigenvalue weighted by atomic mass is 16.3. The van der Waals surface area contributed by atoms with Crippen molar-refractivity contribution >= 4 is 5.91 Å². The fourth-order valence-electron chi connectivity index (χ4n) is 7.97. The Balaban J connectivity index is 3.74. The summed E-state index contributed by atoms with van der Waals surface area (Å²) in [5.41, 5.74) is 0. The average Bonchev–Trinajstić information content (AvgIpc) is 3.24. The van der Waals surface area contributed by atoms with Crippen LogP contribution in [-0.2, 0) is 4.79 Å². The summed E-state index contributed by atoms with van der Waals surface area (Å²) in [6.07, 6.45) is 57.7. The van der Waals surface area contributed by atoms with Gasteiger partial charge in [-0.2, -0.15) is 0 Å². The second-order valence-corrected chi connectivity index (χ2v) is 17.8. The molecule has 0 heterocycles. The lowest BCUT2D eigenvalue weighted by atomic mass is 10.00. The lowest BCUT2D eigenvalue weighted by Gasteiger charge is -2.27. The van der Waals surface area contributed by atoms with E-state index < -0.39 is 36.9 Å². The highest BCUT2D eigenvalue weighted by Gasteiger charge is 2.28. The van der Waals surface area contributed by atoms with Gasteiger partial charge < -0.3 is 25.7 Å². The number of aliphatic hydroxyl groups is 4. The van der Waals surface area contributed by atoms with Crippen molar-refractivity contribution in [1.82, 2.24) is 5.32 Å². The normalized spacial score (nSPS) is 14.2. The van der Waals surface area contributed by atoms with Crippen LogP contribution in [0.4, 0.5) is 0 Å². The standard InChI is InChI=1S/C53H101NO5/c1-3-5-7-9-11-13-15-17-19-21-23-24-25-26-27-29-30-32-34-36-38-40-42-44-46-50(56)52(58)49(48-55)54-53(59)51(57)47-45-43-41-39-37-35-33-31-28-22-20-18-16-14-12-10-8-6-4-2/h25-26,30,32,38,40,49-52,55-58H,3-24,27-29,31,33-37,39,41-48H2,1-2H3,(H,54,59)/b26-25+,32-30+,40-38+. The predicted octanol–water partition coefficient (Wildman–Crippen LogP) is 14.5. The monoisotopic (exact) mass is 832 g/mol. The van der Waals surface area contributed by atoms with Crippen LogP contribution in [0.15, 0.2) is 36.5 Å². The lowest BCUT2D eigenvalue weighted by Crippen LogP contribution is -2.53. The molecule has 0 aromatic rings. The molecule has 0 aromatic carbocycles. The third kappa shape index (κ3) is 41.6. The number of unbranched alkanes of at least 4 members (excludes halogenated alkanes) is 32. The molecule has 6 heteroatoms. The largest absolute Gasteiger partial charge is 0.394 e. The van der Waals surface area contributed by atoms with E-state index in [2.05, 4.69) is 55.6 Å². The first-order valence-electron chi connectivity index (χ1n) is 25.9. The summed E-state index contributed by atoms with van der Waals surface area (Å²) in [5, 5.41) is 43.8. The van der Waals surface area contributed by atoms with Gasteiger partial charge in [-0.3, -0.25) is 4.79 Å². The van der Waals surface area contributed by atoms with E-state index in [1.807, 2.05) is 0 Å². The van der Waals surface area contributed by atoms with Crippen molar-refractivity contribution in [3.63, 3.8) is 0 Å². The second kappa shape index (κ2) is 47.6. The van der Waals surface area contributed by atoms with Crippen LogP contribution in [-0.4, -0.2) is 57.3 Å². The third-order valence-corrected chi connectivity index (χ3v) is 12.1. The first-order valence-corrected chi connectivity index (χ1v) is 25.9. The van der Waals surface area contributed by atoms with Crippen molar-refractivity contribution in [3.05, 3.63) is 36.5 Å². The van der Waals surface area contributed by atoms with Crippen molar-refractivity contribution in [2.75, 3.05) is 6.61 Å². The van der Waals surface area contributed by atoms with Crippen LogP contribution in [0.25, 0.3) is 0 Å². The summed E-state index contributed by atoms with van der Waals surface area (Å²) >= 11 is 0. The van der Waals surface area contributed by atoms with E-state index in [-0.39, 0.29) is 0 Å². The van der Waals surface area contributed by atoms with Crippen LogP contribution in [0, 0.1) is 0 Å². The van der Waals surface area contributed by atoms with Gasteiger partial charge in [-0.15, -0.1) is 0 Å². The average molecular weight is 832 g/mol. The summed E-state index contributed by atoms with van der Waals surface area (Å²) in [7, 11) is 0. The van der Waals surface area contributed by atoms with E-state index >= 15 is 0 Å². The molecular formula is C53H101NO5. The van der Waals surface area contributed by atoms with Crippen molar-refractivity contribution in [2.24, 2.45) is 0 Å². The minimum Gasteiger partial charge on any atom is -0.394 e. The zero-order valence-corrected chi connectivity index (χ0v) is 39.3. The molecule has 0 aromatic heterocycles. The highest BCUT2D eigenvalue weighted by Crippen LogP contribution is 2.17. The van der Waals surface area contributed by atoms with E-state index in [1.54, 1.807) is 0 Å². The Bertz CT molecular complexity index is 935. The summed E-state index contributed by atoms with van der Waals surface area (Å²) in [6.45, 7) is 4.06. The van der Waals surface area contributed by atoms with Gasteiger partial charge in [0.25, 0.3) is 0 Å². The Morgan fingerprint density at radius 3 is 1.07 bits per heavy atom. The number of carbonyl (C=O) groups is 1. The molecule has 0 aliphatic heterocycles. The van der Waals surface area contributed by atoms with Crippen molar-refractivity contribution in [2.45, 2.75) is 289 Å². The smallest absolute Gasteiger partial charge is 0.249 e. The minimum absolute atomic E-state index is 0.362. The minimum atomic E-state index is -1.29. The SMILES string of the molecule is CCCCCCCCCCCCC/C=C/CC/C=C/CC/C=C/CCCC(O)C(O)C(CO)NC(=O)C(O)CCCCCCCCCCCCCCCCCCCCC. The first-order chi connectivity index (χ1) is 29.0. The molecule has 4 atom stereocenters. The predicted molar refractivity (Wildman–Crippen MR) is 256 cm³/mol. The zero-order valence-electron chi connectivity index (χ0n) is 39.3. The molecule has 1 amide bonds. The zero-order chi connectivity index (χ0) is 43.1. The molecule has 0 radical (unpaired) electrons. The highest BCUT2D eigenvalue weighted by molar-refractivity contribution is 5.80. The van der Waals surface area contributed by atoms with E-state index in [0.717, 1.165) is 51.4 Å². The Labute approximate surface area is 367 Å². The van der Waals surface area contributed by atoms with Crippen LogP contribution in [0.3, 0.4) is 0 Å². The molecule has 0 rings (SSSR count). The number of carbonyl (C=O) groups excluding carboxylic acids is 1. The molecule has 0 aliphatic rings. The van der Waals surface area contributed by atoms with Gasteiger partial charge in [-0.05, 0) is 64.2 Å². The van der Waals surface area contributed by atoms with Crippen LogP contribution in [0.2, 0.25) is 0 Å². The Morgan fingerprint density at radius 1 is 0.407 bits per heavy atom. The van der Waals surface area contributed by atoms with E-state index in [1.165, 1.54) is 180 Å². The molecule has 6 nitrogen and oxygen atoms in total. The number of rotatable bonds is 47. The molecule has 5 N–H and O–H groups in total.